The maximum Gasteiger partial charge on any atom is 0.123 e. The maximum absolute atomic E-state index is 13.0. The molecular weight excluding hydrogens is 227 g/mol. The number of hydrogen-bond donors (Lipinski definition) is 1. The zero-order valence-corrected chi connectivity index (χ0v) is 10.1. The molecule has 0 aliphatic heterocycles. The average Bonchev–Trinajstić information content (AvgIpc) is 2.38. The Morgan fingerprint density at radius 1 is 1.22 bits per heavy atom. The van der Waals surface area contributed by atoms with Crippen molar-refractivity contribution in [2.24, 2.45) is 0 Å². The Labute approximate surface area is 106 Å². The number of benzene rings is 2. The lowest BCUT2D eigenvalue weighted by atomic mass is 10.1. The molecule has 0 saturated carbocycles. The number of anilines is 1. The molecule has 0 radical (unpaired) electrons. The summed E-state index contributed by atoms with van der Waals surface area (Å²) in [4.78, 5) is 0. The molecule has 0 bridgehead atoms. The minimum Gasteiger partial charge on any atom is -0.381 e. The third-order valence-corrected chi connectivity index (χ3v) is 2.78. The predicted octanol–water partition coefficient (Wildman–Crippen LogP) is 3.62. The molecule has 0 spiro atoms. The summed E-state index contributed by atoms with van der Waals surface area (Å²) in [6.07, 6.45) is 0. The highest BCUT2D eigenvalue weighted by Crippen LogP contribution is 2.14. The summed E-state index contributed by atoms with van der Waals surface area (Å²) in [5.41, 5.74) is 3.46. The van der Waals surface area contributed by atoms with Crippen LogP contribution in [0.2, 0.25) is 0 Å². The monoisotopic (exact) mass is 240 g/mol. The summed E-state index contributed by atoms with van der Waals surface area (Å²) in [6.45, 7) is 2.49. The van der Waals surface area contributed by atoms with Gasteiger partial charge in [-0.05, 0) is 48.4 Å². The van der Waals surface area contributed by atoms with Gasteiger partial charge < -0.3 is 5.32 Å². The fourth-order valence-corrected chi connectivity index (χ4v) is 1.75. The second-order valence-electron chi connectivity index (χ2n) is 4.12. The molecule has 0 atom stereocenters. The smallest absolute Gasteiger partial charge is 0.123 e. The maximum atomic E-state index is 13.0. The van der Waals surface area contributed by atoms with Crippen LogP contribution in [-0.2, 0) is 6.54 Å². The van der Waals surface area contributed by atoms with Crippen LogP contribution in [0.1, 0.15) is 16.7 Å². The number of nitrogens with zero attached hydrogens (tertiary/aromatic N) is 1. The van der Waals surface area contributed by atoms with E-state index in [0.29, 0.717) is 12.1 Å². The molecule has 2 aromatic carbocycles. The Balaban J connectivity index is 2.09. The van der Waals surface area contributed by atoms with Crippen LogP contribution in [0.4, 0.5) is 10.1 Å². The van der Waals surface area contributed by atoms with E-state index >= 15 is 0 Å². The minimum atomic E-state index is -0.220. The highest BCUT2D eigenvalue weighted by molar-refractivity contribution is 5.49. The van der Waals surface area contributed by atoms with E-state index in [-0.39, 0.29) is 5.82 Å². The first-order valence-corrected chi connectivity index (χ1v) is 5.68. The molecule has 90 valence electrons. The summed E-state index contributed by atoms with van der Waals surface area (Å²) in [6, 6.07) is 14.1. The molecule has 2 rings (SSSR count). The van der Waals surface area contributed by atoms with Gasteiger partial charge in [0.15, 0.2) is 0 Å². The van der Waals surface area contributed by atoms with Crippen molar-refractivity contribution in [3.8, 4) is 6.07 Å². The fraction of sp³-hybridized carbons (Fsp3) is 0.133. The third-order valence-electron chi connectivity index (χ3n) is 2.78. The van der Waals surface area contributed by atoms with Crippen LogP contribution in [-0.4, -0.2) is 0 Å². The van der Waals surface area contributed by atoms with Crippen molar-refractivity contribution in [2.45, 2.75) is 13.5 Å². The van der Waals surface area contributed by atoms with Crippen molar-refractivity contribution < 1.29 is 4.39 Å². The van der Waals surface area contributed by atoms with Crippen LogP contribution in [0, 0.1) is 24.1 Å². The molecule has 0 unspecified atom stereocenters. The number of nitriles is 1. The van der Waals surface area contributed by atoms with Gasteiger partial charge in [-0.25, -0.2) is 4.39 Å². The van der Waals surface area contributed by atoms with E-state index in [4.69, 9.17) is 5.26 Å². The molecule has 18 heavy (non-hydrogen) atoms. The normalized spacial score (nSPS) is 9.83. The van der Waals surface area contributed by atoms with Crippen molar-refractivity contribution in [3.05, 3.63) is 65.0 Å². The van der Waals surface area contributed by atoms with Crippen LogP contribution in [0.25, 0.3) is 0 Å². The first kappa shape index (κ1) is 12.1. The van der Waals surface area contributed by atoms with Gasteiger partial charge >= 0.3 is 0 Å². The number of aryl methyl sites for hydroxylation is 1. The number of hydrogen-bond acceptors (Lipinski definition) is 2. The van der Waals surface area contributed by atoms with Crippen molar-refractivity contribution >= 4 is 5.69 Å². The first-order valence-electron chi connectivity index (χ1n) is 5.68. The van der Waals surface area contributed by atoms with E-state index in [1.807, 2.05) is 19.1 Å². The van der Waals surface area contributed by atoms with E-state index in [1.165, 1.54) is 12.1 Å². The Kier molecular flexibility index (Phi) is 3.59. The Hall–Kier alpha value is -2.34. The summed E-state index contributed by atoms with van der Waals surface area (Å²) in [5, 5.41) is 12.0. The number of rotatable bonds is 3. The van der Waals surface area contributed by atoms with Crippen molar-refractivity contribution in [2.75, 3.05) is 5.32 Å². The standard InChI is InChI=1S/C15H13FN2/c1-11-7-14(16)6-5-13(11)10-18-15-4-2-3-12(8-15)9-17/h2-8,18H,10H2,1H3. The van der Waals surface area contributed by atoms with Gasteiger partial charge in [0.1, 0.15) is 5.82 Å². The van der Waals surface area contributed by atoms with E-state index in [0.717, 1.165) is 16.8 Å². The van der Waals surface area contributed by atoms with Crippen LogP contribution < -0.4 is 5.32 Å². The van der Waals surface area contributed by atoms with Gasteiger partial charge in [0, 0.05) is 12.2 Å². The van der Waals surface area contributed by atoms with Gasteiger partial charge in [0.25, 0.3) is 0 Å². The van der Waals surface area contributed by atoms with Gasteiger partial charge in [0.05, 0.1) is 11.6 Å². The first-order chi connectivity index (χ1) is 8.69. The van der Waals surface area contributed by atoms with Crippen LogP contribution in [0.5, 0.6) is 0 Å². The molecule has 0 aliphatic carbocycles. The van der Waals surface area contributed by atoms with Gasteiger partial charge in [-0.1, -0.05) is 12.1 Å². The lowest BCUT2D eigenvalue weighted by Crippen LogP contribution is -2.01. The summed E-state index contributed by atoms with van der Waals surface area (Å²) in [7, 11) is 0. The molecule has 2 aromatic rings. The second-order valence-corrected chi connectivity index (χ2v) is 4.12. The van der Waals surface area contributed by atoms with Crippen LogP contribution in [0.15, 0.2) is 42.5 Å². The van der Waals surface area contributed by atoms with Gasteiger partial charge in [-0.3, -0.25) is 0 Å². The van der Waals surface area contributed by atoms with Gasteiger partial charge in [0.2, 0.25) is 0 Å². The van der Waals surface area contributed by atoms with Crippen molar-refractivity contribution in [3.63, 3.8) is 0 Å². The fourth-order valence-electron chi connectivity index (χ4n) is 1.75. The van der Waals surface area contributed by atoms with E-state index in [1.54, 1.807) is 18.2 Å². The van der Waals surface area contributed by atoms with E-state index in [2.05, 4.69) is 11.4 Å². The Bertz CT molecular complexity index is 600. The number of nitrogens with one attached hydrogen (secondary N) is 1. The van der Waals surface area contributed by atoms with Crippen LogP contribution in [0.3, 0.4) is 0 Å². The quantitative estimate of drug-likeness (QED) is 0.889. The zero-order valence-electron chi connectivity index (χ0n) is 10.1. The molecule has 0 fully saturated rings. The minimum absolute atomic E-state index is 0.220. The topological polar surface area (TPSA) is 35.8 Å². The lowest BCUT2D eigenvalue weighted by Gasteiger charge is -2.09. The molecule has 1 N–H and O–H groups in total. The van der Waals surface area contributed by atoms with Crippen LogP contribution >= 0.6 is 0 Å². The lowest BCUT2D eigenvalue weighted by molar-refractivity contribution is 0.625. The largest absolute Gasteiger partial charge is 0.381 e. The molecule has 0 heterocycles. The zero-order chi connectivity index (χ0) is 13.0. The summed E-state index contributed by atoms with van der Waals surface area (Å²) in [5.74, 6) is -0.220. The molecular formula is C15H13FN2. The van der Waals surface area contributed by atoms with Crippen molar-refractivity contribution in [1.82, 2.24) is 0 Å². The molecule has 2 nitrogen and oxygen atoms in total. The van der Waals surface area contributed by atoms with E-state index in [9.17, 15) is 4.39 Å². The highest BCUT2D eigenvalue weighted by Gasteiger charge is 2.00. The summed E-state index contributed by atoms with van der Waals surface area (Å²) >= 11 is 0. The number of halogens is 1. The molecule has 0 amide bonds. The van der Waals surface area contributed by atoms with Gasteiger partial charge in [-0.2, -0.15) is 5.26 Å². The molecule has 0 aromatic heterocycles. The molecule has 0 saturated heterocycles. The third kappa shape index (κ3) is 2.86. The van der Waals surface area contributed by atoms with Gasteiger partial charge in [-0.15, -0.1) is 0 Å². The Morgan fingerprint density at radius 2 is 2.06 bits per heavy atom. The SMILES string of the molecule is Cc1cc(F)ccc1CNc1cccc(C#N)c1. The van der Waals surface area contributed by atoms with Crippen molar-refractivity contribution in [1.29, 1.82) is 5.26 Å². The second kappa shape index (κ2) is 5.33. The predicted molar refractivity (Wildman–Crippen MR) is 69.6 cm³/mol. The molecule has 0 aliphatic rings. The summed E-state index contributed by atoms with van der Waals surface area (Å²) < 4.78 is 13.0. The average molecular weight is 240 g/mol. The Morgan fingerprint density at radius 3 is 2.78 bits per heavy atom. The highest BCUT2D eigenvalue weighted by atomic mass is 19.1. The van der Waals surface area contributed by atoms with E-state index < -0.39 is 0 Å². The molecule has 3 heteroatoms.